The number of halogens is 1. The van der Waals surface area contributed by atoms with Gasteiger partial charge >= 0.3 is 5.97 Å². The summed E-state index contributed by atoms with van der Waals surface area (Å²) in [7, 11) is 1.54. The molecule has 7 heteroatoms. The number of nitrogens with one attached hydrogen (secondary N) is 1. The molecule has 0 spiro atoms. The zero-order valence-electron chi connectivity index (χ0n) is 11.6. The summed E-state index contributed by atoms with van der Waals surface area (Å²) < 4.78 is 0.884. The van der Waals surface area contributed by atoms with E-state index in [1.165, 1.54) is 4.90 Å². The highest BCUT2D eigenvalue weighted by atomic mass is 79.9. The maximum atomic E-state index is 11.8. The van der Waals surface area contributed by atoms with Crippen LogP contribution in [0.1, 0.15) is 23.2 Å². The first kappa shape index (κ1) is 17.2. The minimum absolute atomic E-state index is 0.0898. The molecule has 0 unspecified atom stereocenters. The minimum Gasteiger partial charge on any atom is -0.481 e. The van der Waals surface area contributed by atoms with Crippen LogP contribution in [-0.4, -0.2) is 47.9 Å². The van der Waals surface area contributed by atoms with Gasteiger partial charge in [0, 0.05) is 36.6 Å². The van der Waals surface area contributed by atoms with Gasteiger partial charge < -0.3 is 15.3 Å². The normalized spacial score (nSPS) is 10.0. The molecule has 2 amide bonds. The van der Waals surface area contributed by atoms with Crippen molar-refractivity contribution >= 4 is 33.7 Å². The van der Waals surface area contributed by atoms with Gasteiger partial charge in [0.25, 0.3) is 5.91 Å². The molecular formula is C14H17BrN2O4. The Kier molecular flexibility index (Phi) is 6.87. The fourth-order valence-electron chi connectivity index (χ4n) is 1.57. The number of hydrogen-bond acceptors (Lipinski definition) is 3. The molecule has 21 heavy (non-hydrogen) atoms. The lowest BCUT2D eigenvalue weighted by atomic mass is 10.2. The molecule has 0 atom stereocenters. The number of aliphatic carboxylic acids is 1. The smallest absolute Gasteiger partial charge is 0.305 e. The number of carbonyl (C=O) groups excluding carboxylic acids is 2. The van der Waals surface area contributed by atoms with Crippen molar-refractivity contribution in [3.63, 3.8) is 0 Å². The van der Waals surface area contributed by atoms with Crippen LogP contribution in [0.5, 0.6) is 0 Å². The van der Waals surface area contributed by atoms with E-state index in [4.69, 9.17) is 5.11 Å². The van der Waals surface area contributed by atoms with Gasteiger partial charge in [-0.3, -0.25) is 14.4 Å². The van der Waals surface area contributed by atoms with Crippen molar-refractivity contribution < 1.29 is 19.5 Å². The summed E-state index contributed by atoms with van der Waals surface area (Å²) in [6.07, 6.45) is 0.0475. The zero-order chi connectivity index (χ0) is 15.8. The number of nitrogens with zero attached hydrogens (tertiary/aromatic N) is 1. The molecule has 1 rings (SSSR count). The van der Waals surface area contributed by atoms with Crippen molar-refractivity contribution in [2.24, 2.45) is 0 Å². The Hall–Kier alpha value is -1.89. The van der Waals surface area contributed by atoms with E-state index in [0.717, 1.165) is 4.47 Å². The second-order valence-electron chi connectivity index (χ2n) is 4.47. The van der Waals surface area contributed by atoms with Crippen LogP contribution in [0.25, 0.3) is 0 Å². The van der Waals surface area contributed by atoms with Crippen LogP contribution in [0.2, 0.25) is 0 Å². The molecule has 0 aromatic heterocycles. The molecular weight excluding hydrogens is 340 g/mol. The average Bonchev–Trinajstić information content (AvgIpc) is 2.45. The minimum atomic E-state index is -0.946. The molecule has 0 heterocycles. The van der Waals surface area contributed by atoms with Gasteiger partial charge in [0.1, 0.15) is 0 Å². The first-order valence-corrected chi connectivity index (χ1v) is 7.19. The van der Waals surface area contributed by atoms with E-state index in [-0.39, 0.29) is 37.7 Å². The van der Waals surface area contributed by atoms with Crippen LogP contribution < -0.4 is 5.32 Å². The van der Waals surface area contributed by atoms with Gasteiger partial charge in [-0.2, -0.15) is 0 Å². The van der Waals surface area contributed by atoms with E-state index in [2.05, 4.69) is 21.2 Å². The van der Waals surface area contributed by atoms with Crippen LogP contribution in [0.15, 0.2) is 28.7 Å². The fourth-order valence-corrected chi connectivity index (χ4v) is 1.83. The molecule has 0 aliphatic heterocycles. The van der Waals surface area contributed by atoms with Crippen molar-refractivity contribution in [2.75, 3.05) is 20.1 Å². The maximum Gasteiger partial charge on any atom is 0.305 e. The second-order valence-corrected chi connectivity index (χ2v) is 5.39. The van der Waals surface area contributed by atoms with Gasteiger partial charge in [0.05, 0.1) is 6.42 Å². The van der Waals surface area contributed by atoms with Gasteiger partial charge in [0.15, 0.2) is 0 Å². The first-order valence-electron chi connectivity index (χ1n) is 6.39. The van der Waals surface area contributed by atoms with Crippen LogP contribution >= 0.6 is 15.9 Å². The Morgan fingerprint density at radius 3 is 2.38 bits per heavy atom. The predicted molar refractivity (Wildman–Crippen MR) is 81.0 cm³/mol. The molecule has 0 saturated carbocycles. The van der Waals surface area contributed by atoms with Crippen molar-refractivity contribution in [3.8, 4) is 0 Å². The van der Waals surface area contributed by atoms with E-state index in [0.29, 0.717) is 5.56 Å². The van der Waals surface area contributed by atoms with Gasteiger partial charge in [-0.25, -0.2) is 0 Å². The molecule has 6 nitrogen and oxygen atoms in total. The monoisotopic (exact) mass is 356 g/mol. The average molecular weight is 357 g/mol. The van der Waals surface area contributed by atoms with E-state index in [1.807, 2.05) is 0 Å². The van der Waals surface area contributed by atoms with Crippen molar-refractivity contribution in [3.05, 3.63) is 34.3 Å². The molecule has 0 aliphatic rings. The Morgan fingerprint density at radius 1 is 1.19 bits per heavy atom. The highest BCUT2D eigenvalue weighted by molar-refractivity contribution is 9.10. The number of hydrogen-bond donors (Lipinski definition) is 2. The van der Waals surface area contributed by atoms with Gasteiger partial charge in [-0.1, -0.05) is 15.9 Å². The SMILES string of the molecule is CN(CCC(=O)O)C(=O)CCNC(=O)c1ccc(Br)cc1. The molecule has 0 aliphatic carbocycles. The number of carboxylic acids is 1. The summed E-state index contributed by atoms with van der Waals surface area (Å²) in [5.74, 6) is -1.39. The van der Waals surface area contributed by atoms with Crippen molar-refractivity contribution in [1.29, 1.82) is 0 Å². The third-order valence-electron chi connectivity index (χ3n) is 2.82. The van der Waals surface area contributed by atoms with E-state index in [9.17, 15) is 14.4 Å². The van der Waals surface area contributed by atoms with Crippen LogP contribution in [0.3, 0.4) is 0 Å². The van der Waals surface area contributed by atoms with Gasteiger partial charge in [-0.15, -0.1) is 0 Å². The molecule has 0 radical (unpaired) electrons. The fraction of sp³-hybridized carbons (Fsp3) is 0.357. The largest absolute Gasteiger partial charge is 0.481 e. The number of rotatable bonds is 7. The Bertz CT molecular complexity index is 516. The predicted octanol–water partition coefficient (Wildman–Crippen LogP) is 1.50. The third kappa shape index (κ3) is 6.40. The molecule has 114 valence electrons. The van der Waals surface area contributed by atoms with Crippen LogP contribution in [0, 0.1) is 0 Å². The highest BCUT2D eigenvalue weighted by Crippen LogP contribution is 2.10. The summed E-state index contributed by atoms with van der Waals surface area (Å²) in [6.45, 7) is 0.375. The highest BCUT2D eigenvalue weighted by Gasteiger charge is 2.11. The summed E-state index contributed by atoms with van der Waals surface area (Å²) in [6, 6.07) is 6.89. The van der Waals surface area contributed by atoms with E-state index >= 15 is 0 Å². The van der Waals surface area contributed by atoms with E-state index < -0.39 is 5.97 Å². The summed E-state index contributed by atoms with van der Waals surface area (Å²) in [4.78, 5) is 35.2. The second kappa shape index (κ2) is 8.41. The van der Waals surface area contributed by atoms with Crippen molar-refractivity contribution in [2.45, 2.75) is 12.8 Å². The summed E-state index contributed by atoms with van der Waals surface area (Å²) in [5, 5.41) is 11.2. The van der Waals surface area contributed by atoms with Crippen LogP contribution in [-0.2, 0) is 9.59 Å². The van der Waals surface area contributed by atoms with Gasteiger partial charge in [0.2, 0.25) is 5.91 Å². The van der Waals surface area contributed by atoms with Crippen LogP contribution in [0.4, 0.5) is 0 Å². The lowest BCUT2D eigenvalue weighted by Gasteiger charge is -2.16. The molecule has 1 aromatic carbocycles. The lowest BCUT2D eigenvalue weighted by molar-refractivity contribution is -0.138. The van der Waals surface area contributed by atoms with E-state index in [1.54, 1.807) is 31.3 Å². The molecule has 0 fully saturated rings. The number of carbonyl (C=O) groups is 3. The molecule has 2 N–H and O–H groups in total. The first-order chi connectivity index (χ1) is 9.90. The Morgan fingerprint density at radius 2 is 1.81 bits per heavy atom. The zero-order valence-corrected chi connectivity index (χ0v) is 13.2. The quantitative estimate of drug-likeness (QED) is 0.774. The topological polar surface area (TPSA) is 86.7 Å². The molecule has 0 saturated heterocycles. The standard InChI is InChI=1S/C14H17BrN2O4/c1-17(9-7-13(19)20)12(18)6-8-16-14(21)10-2-4-11(15)5-3-10/h2-5H,6-9H2,1H3,(H,16,21)(H,19,20). The van der Waals surface area contributed by atoms with Gasteiger partial charge in [-0.05, 0) is 24.3 Å². The number of amides is 2. The lowest BCUT2D eigenvalue weighted by Crippen LogP contribution is -2.33. The maximum absolute atomic E-state index is 11.8. The van der Waals surface area contributed by atoms with Crippen molar-refractivity contribution in [1.82, 2.24) is 10.2 Å². The Labute approximate surface area is 131 Å². The Balaban J connectivity index is 2.32. The molecule has 0 bridgehead atoms. The number of benzene rings is 1. The molecule has 1 aromatic rings. The third-order valence-corrected chi connectivity index (χ3v) is 3.35. The number of carboxylic acid groups (broad SMARTS) is 1. The summed E-state index contributed by atoms with van der Waals surface area (Å²) in [5.41, 5.74) is 0.518. The summed E-state index contributed by atoms with van der Waals surface area (Å²) >= 11 is 3.28.